The predicted octanol–water partition coefficient (Wildman–Crippen LogP) is 4.45. The summed E-state index contributed by atoms with van der Waals surface area (Å²) >= 11 is 7.20. The Labute approximate surface area is 145 Å². The van der Waals surface area contributed by atoms with Crippen molar-refractivity contribution in [1.29, 1.82) is 0 Å². The third-order valence-corrected chi connectivity index (χ3v) is 4.39. The lowest BCUT2D eigenvalue weighted by atomic mass is 10.1. The van der Waals surface area contributed by atoms with Crippen LogP contribution in [0.4, 0.5) is 4.79 Å². The largest absolute Gasteiger partial charge is 0.494 e. The minimum Gasteiger partial charge on any atom is -0.494 e. The summed E-state index contributed by atoms with van der Waals surface area (Å²) in [5, 5.41) is 0.465. The molecule has 0 atom stereocenters. The van der Waals surface area contributed by atoms with Crippen LogP contribution in [-0.2, 0) is 4.74 Å². The molecule has 124 valence electrons. The summed E-state index contributed by atoms with van der Waals surface area (Å²) in [6, 6.07) is 8.46. The molecular formula is C16H12ClNO5S. The third kappa shape index (κ3) is 3.08. The number of hydrogen-bond acceptors (Lipinski definition) is 6. The van der Waals surface area contributed by atoms with Crippen LogP contribution in [0.15, 0.2) is 34.7 Å². The molecule has 0 saturated carbocycles. The van der Waals surface area contributed by atoms with Crippen LogP contribution in [0, 0.1) is 0 Å². The molecule has 1 amide bonds. The first-order chi connectivity index (χ1) is 11.5. The second-order valence-corrected chi connectivity index (χ2v) is 6.42. The van der Waals surface area contributed by atoms with Gasteiger partial charge in [-0.25, -0.2) is 9.59 Å². The molecule has 1 aromatic carbocycles. The Morgan fingerprint density at radius 1 is 1.29 bits per heavy atom. The molecule has 8 heteroatoms. The number of halogens is 1. The highest BCUT2D eigenvalue weighted by Crippen LogP contribution is 2.39. The van der Waals surface area contributed by atoms with Crippen LogP contribution in [-0.4, -0.2) is 18.7 Å². The molecule has 0 aliphatic rings. The Bertz CT molecular complexity index is 930. The van der Waals surface area contributed by atoms with Crippen LogP contribution in [0.3, 0.4) is 0 Å². The SMILES string of the molecule is CCOc1ccc2oc(-c3ccc(Cl)s3)c(C(=O)OC(N)=O)c2c1. The zero-order chi connectivity index (χ0) is 17.3. The Hall–Kier alpha value is -2.51. The average molecular weight is 366 g/mol. The van der Waals surface area contributed by atoms with Gasteiger partial charge in [0.25, 0.3) is 0 Å². The molecule has 0 aliphatic heterocycles. The molecule has 24 heavy (non-hydrogen) atoms. The van der Waals surface area contributed by atoms with Gasteiger partial charge >= 0.3 is 12.1 Å². The first-order valence-electron chi connectivity index (χ1n) is 6.96. The normalized spacial score (nSPS) is 10.8. The van der Waals surface area contributed by atoms with Gasteiger partial charge in [-0.3, -0.25) is 0 Å². The first kappa shape index (κ1) is 16.4. The van der Waals surface area contributed by atoms with E-state index in [1.165, 1.54) is 11.3 Å². The third-order valence-electron chi connectivity index (χ3n) is 3.16. The number of rotatable bonds is 4. The van der Waals surface area contributed by atoms with Crippen molar-refractivity contribution in [3.8, 4) is 16.4 Å². The van der Waals surface area contributed by atoms with Crippen LogP contribution in [0.25, 0.3) is 21.6 Å². The number of carbonyl (C=O) groups is 2. The van der Waals surface area contributed by atoms with E-state index in [1.807, 2.05) is 6.92 Å². The van der Waals surface area contributed by atoms with Gasteiger partial charge in [0.05, 0.1) is 15.8 Å². The molecule has 0 aliphatic carbocycles. The molecule has 0 radical (unpaired) electrons. The highest BCUT2D eigenvalue weighted by Gasteiger charge is 2.26. The average Bonchev–Trinajstić information content (AvgIpc) is 3.09. The molecule has 3 aromatic rings. The Balaban J connectivity index is 2.22. The number of ether oxygens (including phenoxy) is 2. The number of esters is 1. The fourth-order valence-corrected chi connectivity index (χ4v) is 3.32. The van der Waals surface area contributed by atoms with Crippen molar-refractivity contribution in [2.45, 2.75) is 6.92 Å². The number of benzene rings is 1. The van der Waals surface area contributed by atoms with Crippen LogP contribution >= 0.6 is 22.9 Å². The van der Waals surface area contributed by atoms with E-state index < -0.39 is 12.1 Å². The van der Waals surface area contributed by atoms with Gasteiger partial charge in [0.2, 0.25) is 0 Å². The monoisotopic (exact) mass is 365 g/mol. The van der Waals surface area contributed by atoms with Gasteiger partial charge in [0.15, 0.2) is 5.76 Å². The minimum atomic E-state index is -1.19. The van der Waals surface area contributed by atoms with E-state index in [1.54, 1.807) is 30.3 Å². The first-order valence-corrected chi connectivity index (χ1v) is 8.15. The van der Waals surface area contributed by atoms with E-state index in [4.69, 9.17) is 26.5 Å². The maximum absolute atomic E-state index is 12.3. The van der Waals surface area contributed by atoms with E-state index in [0.29, 0.717) is 32.5 Å². The van der Waals surface area contributed by atoms with Gasteiger partial charge in [-0.05, 0) is 37.3 Å². The molecular weight excluding hydrogens is 354 g/mol. The van der Waals surface area contributed by atoms with Gasteiger partial charge in [-0.2, -0.15) is 0 Å². The summed E-state index contributed by atoms with van der Waals surface area (Å²) in [6.07, 6.45) is -1.19. The Morgan fingerprint density at radius 3 is 2.71 bits per heavy atom. The quantitative estimate of drug-likeness (QED) is 0.544. The summed E-state index contributed by atoms with van der Waals surface area (Å²) in [6.45, 7) is 2.32. The summed E-state index contributed by atoms with van der Waals surface area (Å²) in [5.41, 5.74) is 5.51. The van der Waals surface area contributed by atoms with Crippen LogP contribution in [0.1, 0.15) is 17.3 Å². The van der Waals surface area contributed by atoms with Gasteiger partial charge in [0, 0.05) is 5.39 Å². The van der Waals surface area contributed by atoms with E-state index in [9.17, 15) is 9.59 Å². The highest BCUT2D eigenvalue weighted by atomic mass is 35.5. The minimum absolute atomic E-state index is 0.101. The van der Waals surface area contributed by atoms with Gasteiger partial charge in [-0.1, -0.05) is 11.6 Å². The molecule has 0 fully saturated rings. The lowest BCUT2D eigenvalue weighted by molar-refractivity contribution is 0.0640. The van der Waals surface area contributed by atoms with Crippen molar-refractivity contribution in [3.05, 3.63) is 40.2 Å². The number of furan rings is 1. The lowest BCUT2D eigenvalue weighted by Gasteiger charge is -2.03. The van der Waals surface area contributed by atoms with Crippen LogP contribution in [0.2, 0.25) is 4.34 Å². The second-order valence-electron chi connectivity index (χ2n) is 4.71. The molecule has 0 saturated heterocycles. The van der Waals surface area contributed by atoms with Crippen LogP contribution < -0.4 is 10.5 Å². The van der Waals surface area contributed by atoms with E-state index in [-0.39, 0.29) is 11.3 Å². The van der Waals surface area contributed by atoms with Crippen molar-refractivity contribution in [2.24, 2.45) is 5.73 Å². The van der Waals surface area contributed by atoms with E-state index in [2.05, 4.69) is 4.74 Å². The van der Waals surface area contributed by atoms with Crippen molar-refractivity contribution >= 4 is 46.0 Å². The number of thiophene rings is 1. The fourth-order valence-electron chi connectivity index (χ4n) is 2.29. The maximum atomic E-state index is 12.3. The highest BCUT2D eigenvalue weighted by molar-refractivity contribution is 7.19. The Morgan fingerprint density at radius 2 is 2.08 bits per heavy atom. The summed E-state index contributed by atoms with van der Waals surface area (Å²) < 4.78 is 16.3. The fraction of sp³-hybridized carbons (Fsp3) is 0.125. The molecule has 0 spiro atoms. The zero-order valence-corrected chi connectivity index (χ0v) is 14.1. The van der Waals surface area contributed by atoms with Crippen LogP contribution in [0.5, 0.6) is 5.75 Å². The number of primary amides is 1. The van der Waals surface area contributed by atoms with Crippen molar-refractivity contribution < 1.29 is 23.5 Å². The van der Waals surface area contributed by atoms with Gasteiger partial charge < -0.3 is 19.6 Å². The second kappa shape index (κ2) is 6.54. The maximum Gasteiger partial charge on any atom is 0.412 e. The summed E-state index contributed by atoms with van der Waals surface area (Å²) in [5.74, 6) is -0.0640. The molecule has 2 N–H and O–H groups in total. The predicted molar refractivity (Wildman–Crippen MR) is 90.7 cm³/mol. The number of carbonyl (C=O) groups excluding carboxylic acids is 2. The molecule has 0 unspecified atom stereocenters. The topological polar surface area (TPSA) is 91.8 Å². The lowest BCUT2D eigenvalue weighted by Crippen LogP contribution is -2.18. The standard InChI is InChI=1S/C16H12ClNO5S/c1-2-21-8-3-4-10-9(7-8)13(15(19)23-16(18)20)14(22-10)11-5-6-12(17)24-11/h3-7H,2H2,1H3,(H2,18,20). The summed E-state index contributed by atoms with van der Waals surface area (Å²) in [4.78, 5) is 23.9. The number of hydrogen-bond donors (Lipinski definition) is 1. The van der Waals surface area contributed by atoms with Crippen molar-refractivity contribution in [1.82, 2.24) is 0 Å². The van der Waals surface area contributed by atoms with E-state index >= 15 is 0 Å². The molecule has 3 rings (SSSR count). The number of fused-ring (bicyclic) bond motifs is 1. The summed E-state index contributed by atoms with van der Waals surface area (Å²) in [7, 11) is 0. The molecule has 2 aromatic heterocycles. The van der Waals surface area contributed by atoms with Crippen molar-refractivity contribution in [2.75, 3.05) is 6.61 Å². The number of amides is 1. The Kier molecular flexibility index (Phi) is 4.46. The van der Waals surface area contributed by atoms with E-state index in [0.717, 1.165) is 0 Å². The van der Waals surface area contributed by atoms with Crippen molar-refractivity contribution in [3.63, 3.8) is 0 Å². The molecule has 0 bridgehead atoms. The molecule has 6 nitrogen and oxygen atoms in total. The zero-order valence-electron chi connectivity index (χ0n) is 12.5. The number of nitrogens with two attached hydrogens (primary N) is 1. The smallest absolute Gasteiger partial charge is 0.412 e. The van der Waals surface area contributed by atoms with Gasteiger partial charge in [0.1, 0.15) is 16.9 Å². The molecule has 2 heterocycles. The van der Waals surface area contributed by atoms with Gasteiger partial charge in [-0.15, -0.1) is 11.3 Å².